The van der Waals surface area contributed by atoms with Crippen molar-refractivity contribution in [2.45, 2.75) is 40.3 Å². The predicted molar refractivity (Wildman–Crippen MR) is 145 cm³/mol. The molecule has 0 unspecified atom stereocenters. The number of aromatic nitrogens is 3. The molecule has 1 atom stereocenters. The van der Waals surface area contributed by atoms with Crippen molar-refractivity contribution in [2.24, 2.45) is 4.99 Å². The molecule has 3 aromatic heterocycles. The molecule has 1 aromatic carbocycles. The molecule has 10 heteroatoms. The summed E-state index contributed by atoms with van der Waals surface area (Å²) in [4.78, 5) is 32.0. The van der Waals surface area contributed by atoms with Crippen molar-refractivity contribution in [1.82, 2.24) is 14.3 Å². The molecule has 0 fully saturated rings. The number of furan rings is 1. The number of carbonyl (C=O) groups excluding carboxylic acids is 1. The van der Waals surface area contributed by atoms with E-state index >= 15 is 0 Å². The van der Waals surface area contributed by atoms with Gasteiger partial charge in [0.15, 0.2) is 4.80 Å². The lowest BCUT2D eigenvalue weighted by Gasteiger charge is -2.24. The van der Waals surface area contributed by atoms with Gasteiger partial charge in [0, 0.05) is 34.4 Å². The van der Waals surface area contributed by atoms with Gasteiger partial charge < -0.3 is 9.15 Å². The Morgan fingerprint density at radius 2 is 1.95 bits per heavy atom. The third kappa shape index (κ3) is 4.67. The van der Waals surface area contributed by atoms with Crippen LogP contribution >= 0.6 is 27.3 Å². The summed E-state index contributed by atoms with van der Waals surface area (Å²) < 4.78 is 16.2. The van der Waals surface area contributed by atoms with E-state index in [-0.39, 0.29) is 12.2 Å². The van der Waals surface area contributed by atoms with Crippen molar-refractivity contribution in [1.29, 1.82) is 0 Å². The van der Waals surface area contributed by atoms with Crippen LogP contribution in [0.5, 0.6) is 0 Å². The highest BCUT2D eigenvalue weighted by atomic mass is 79.9. The average Bonchev–Trinajstić information content (AvgIpc) is 3.57. The zero-order valence-corrected chi connectivity index (χ0v) is 23.2. The molecule has 190 valence electrons. The Bertz CT molecular complexity index is 1710. The minimum Gasteiger partial charge on any atom is -0.463 e. The Morgan fingerprint density at radius 1 is 1.19 bits per heavy atom. The van der Waals surface area contributed by atoms with Gasteiger partial charge in [-0.15, -0.1) is 0 Å². The Balaban J connectivity index is 1.65. The van der Waals surface area contributed by atoms with E-state index in [0.29, 0.717) is 38.7 Å². The van der Waals surface area contributed by atoms with Crippen LogP contribution in [0.4, 0.5) is 0 Å². The summed E-state index contributed by atoms with van der Waals surface area (Å²) in [6.45, 7) is 8.28. The van der Waals surface area contributed by atoms with Gasteiger partial charge in [0.05, 0.1) is 28.1 Å². The van der Waals surface area contributed by atoms with Gasteiger partial charge in [-0.3, -0.25) is 14.0 Å². The third-order valence-electron chi connectivity index (χ3n) is 6.15. The summed E-state index contributed by atoms with van der Waals surface area (Å²) in [6, 6.07) is 10.8. The molecule has 0 N–H and O–H groups in total. The summed E-state index contributed by atoms with van der Waals surface area (Å²) in [6.07, 6.45) is 3.60. The fourth-order valence-corrected chi connectivity index (χ4v) is 5.67. The van der Waals surface area contributed by atoms with Crippen LogP contribution in [-0.2, 0) is 16.1 Å². The molecule has 0 saturated carbocycles. The molecule has 8 nitrogen and oxygen atoms in total. The van der Waals surface area contributed by atoms with Crippen LogP contribution in [0, 0.1) is 6.92 Å². The maximum Gasteiger partial charge on any atom is 0.338 e. The number of esters is 1. The maximum absolute atomic E-state index is 13.8. The first-order chi connectivity index (χ1) is 17.8. The van der Waals surface area contributed by atoms with Gasteiger partial charge in [0.2, 0.25) is 0 Å². The second kappa shape index (κ2) is 10.1. The van der Waals surface area contributed by atoms with Gasteiger partial charge in [-0.2, -0.15) is 5.10 Å². The molecule has 37 heavy (non-hydrogen) atoms. The fraction of sp³-hybridized carbons (Fsp3) is 0.259. The monoisotopic (exact) mass is 580 g/mol. The lowest BCUT2D eigenvalue weighted by molar-refractivity contribution is -0.139. The largest absolute Gasteiger partial charge is 0.463 e. The second-order valence-corrected chi connectivity index (χ2v) is 10.5. The molecule has 5 rings (SSSR count). The zero-order valence-electron chi connectivity index (χ0n) is 20.8. The number of allylic oxidation sites excluding steroid dienone is 1. The molecule has 0 saturated heterocycles. The molecule has 1 aliphatic heterocycles. The first-order valence-electron chi connectivity index (χ1n) is 11.9. The van der Waals surface area contributed by atoms with Crippen molar-refractivity contribution in [3.63, 3.8) is 0 Å². The minimum absolute atomic E-state index is 0.221. The number of rotatable bonds is 6. The first kappa shape index (κ1) is 25.2. The van der Waals surface area contributed by atoms with Crippen molar-refractivity contribution in [3.8, 4) is 11.3 Å². The van der Waals surface area contributed by atoms with Crippen molar-refractivity contribution >= 4 is 39.3 Å². The van der Waals surface area contributed by atoms with Crippen LogP contribution in [0.25, 0.3) is 17.4 Å². The number of nitrogens with zero attached hydrogens (tertiary/aromatic N) is 4. The minimum atomic E-state index is -0.687. The number of thiazole rings is 1. The summed E-state index contributed by atoms with van der Waals surface area (Å²) >= 11 is 4.70. The van der Waals surface area contributed by atoms with E-state index in [0.717, 1.165) is 21.3 Å². The number of fused-ring (bicyclic) bond motifs is 1. The first-order valence-corrected chi connectivity index (χ1v) is 13.5. The van der Waals surface area contributed by atoms with Crippen LogP contribution in [0.15, 0.2) is 72.5 Å². The van der Waals surface area contributed by atoms with E-state index < -0.39 is 12.0 Å². The van der Waals surface area contributed by atoms with E-state index in [2.05, 4.69) is 26.0 Å². The van der Waals surface area contributed by atoms with Crippen LogP contribution in [0.1, 0.15) is 43.8 Å². The highest BCUT2D eigenvalue weighted by Gasteiger charge is 2.35. The van der Waals surface area contributed by atoms with Crippen LogP contribution in [0.3, 0.4) is 0 Å². The summed E-state index contributed by atoms with van der Waals surface area (Å²) in [5, 5.41) is 4.56. The Morgan fingerprint density at radius 3 is 2.62 bits per heavy atom. The number of ether oxygens (including phenoxy) is 1. The predicted octanol–water partition coefficient (Wildman–Crippen LogP) is 4.35. The number of carbonyl (C=O) groups is 1. The quantitative estimate of drug-likeness (QED) is 0.316. The van der Waals surface area contributed by atoms with E-state index in [1.807, 2.05) is 56.4 Å². The number of halogens is 1. The Labute approximate surface area is 225 Å². The Kier molecular flexibility index (Phi) is 6.87. The zero-order chi connectivity index (χ0) is 26.3. The molecule has 4 heterocycles. The molecule has 0 bridgehead atoms. The molecule has 1 aliphatic rings. The molecular formula is C27H25BrN4O4S. The Hall–Kier alpha value is -3.50. The number of hydrogen-bond donors (Lipinski definition) is 0. The van der Waals surface area contributed by atoms with E-state index in [1.54, 1.807) is 29.2 Å². The molecule has 0 amide bonds. The van der Waals surface area contributed by atoms with Crippen molar-refractivity contribution < 1.29 is 13.9 Å². The molecule has 0 radical (unpaired) electrons. The summed E-state index contributed by atoms with van der Waals surface area (Å²) in [7, 11) is 0. The lowest BCUT2D eigenvalue weighted by atomic mass is 9.96. The van der Waals surface area contributed by atoms with Gasteiger partial charge in [-0.05, 0) is 52.0 Å². The second-order valence-electron chi connectivity index (χ2n) is 8.54. The van der Waals surface area contributed by atoms with Crippen LogP contribution in [-0.4, -0.2) is 26.9 Å². The van der Waals surface area contributed by atoms with E-state index in [9.17, 15) is 9.59 Å². The topological polar surface area (TPSA) is 91.6 Å². The fourth-order valence-electron chi connectivity index (χ4n) is 4.38. The summed E-state index contributed by atoms with van der Waals surface area (Å²) in [5.74, 6) is 0.764. The smallest absolute Gasteiger partial charge is 0.338 e. The molecule has 0 aliphatic carbocycles. The van der Waals surface area contributed by atoms with Crippen molar-refractivity contribution in [2.75, 3.05) is 6.61 Å². The van der Waals surface area contributed by atoms with Gasteiger partial charge in [0.25, 0.3) is 5.56 Å². The van der Waals surface area contributed by atoms with Gasteiger partial charge in [0.1, 0.15) is 17.6 Å². The van der Waals surface area contributed by atoms with E-state index in [4.69, 9.17) is 9.15 Å². The number of aryl methyl sites for hydroxylation is 2. The van der Waals surface area contributed by atoms with Crippen LogP contribution < -0.4 is 14.9 Å². The maximum atomic E-state index is 13.8. The SMILES string of the molecule is CCOC(=O)C1=C(C)N=c2s/c(=C/c3ccc(-c4ccc(Br)cc4)o3)c(=O)n2[C@@H]1c1cn(CC)nc1C. The van der Waals surface area contributed by atoms with Gasteiger partial charge in [-0.25, -0.2) is 9.79 Å². The van der Waals surface area contributed by atoms with Crippen molar-refractivity contribution in [3.05, 3.63) is 95.0 Å². The molecule has 0 spiro atoms. The van der Waals surface area contributed by atoms with Gasteiger partial charge in [-0.1, -0.05) is 39.4 Å². The van der Waals surface area contributed by atoms with Gasteiger partial charge >= 0.3 is 5.97 Å². The lowest BCUT2D eigenvalue weighted by Crippen LogP contribution is -2.40. The average molecular weight is 581 g/mol. The normalized spacial score (nSPS) is 15.6. The standard InChI is InChI=1S/C27H25BrN4O4S/c1-5-31-14-20(15(3)30-31)24-23(26(34)35-6-2)16(4)29-27-32(24)25(33)22(37-27)13-19-11-12-21(36-19)17-7-9-18(28)10-8-17/h7-14,24H,5-6H2,1-4H3/b22-13+/t24-/m1/s1. The molecule has 4 aromatic rings. The third-order valence-corrected chi connectivity index (χ3v) is 7.66. The molecular weight excluding hydrogens is 556 g/mol. The highest BCUT2D eigenvalue weighted by Crippen LogP contribution is 2.32. The van der Waals surface area contributed by atoms with E-state index in [1.165, 1.54) is 11.3 Å². The van der Waals surface area contributed by atoms with Crippen LogP contribution in [0.2, 0.25) is 0 Å². The number of hydrogen-bond acceptors (Lipinski definition) is 7. The summed E-state index contributed by atoms with van der Waals surface area (Å²) in [5.41, 5.74) is 3.05. The highest BCUT2D eigenvalue weighted by molar-refractivity contribution is 9.10. The number of benzene rings is 1.